The normalized spacial score (nSPS) is 11.7. The van der Waals surface area contributed by atoms with Gasteiger partial charge in [-0.25, -0.2) is 9.18 Å². The highest BCUT2D eigenvalue weighted by Gasteiger charge is 2.32. The Labute approximate surface area is 199 Å². The maximum Gasteiger partial charge on any atom is 0.416 e. The van der Waals surface area contributed by atoms with Crippen LogP contribution in [-0.2, 0) is 10.9 Å². The van der Waals surface area contributed by atoms with E-state index >= 15 is 0 Å². The fourth-order valence-corrected chi connectivity index (χ4v) is 3.04. The van der Waals surface area contributed by atoms with Gasteiger partial charge in [0.15, 0.2) is 0 Å². The topological polar surface area (TPSA) is 64.6 Å². The SMILES string of the molecule is Cc1cc(F)ccc1Oc1ccc(C(F)(F)F)cc1C(=O)Nc1ccc(C(=O)OC(C)(C)C)cc1. The van der Waals surface area contributed by atoms with E-state index in [4.69, 9.17) is 9.47 Å². The molecule has 0 aliphatic heterocycles. The molecular weight excluding hydrogens is 466 g/mol. The number of anilines is 1. The number of benzene rings is 3. The van der Waals surface area contributed by atoms with Gasteiger partial charge in [0.05, 0.1) is 16.7 Å². The van der Waals surface area contributed by atoms with E-state index in [0.717, 1.165) is 18.2 Å². The van der Waals surface area contributed by atoms with Crippen molar-refractivity contribution in [2.24, 2.45) is 0 Å². The Hall–Kier alpha value is -3.88. The highest BCUT2D eigenvalue weighted by atomic mass is 19.4. The third-order valence-electron chi connectivity index (χ3n) is 4.69. The van der Waals surface area contributed by atoms with Crippen molar-refractivity contribution in [3.8, 4) is 11.5 Å². The first-order valence-corrected chi connectivity index (χ1v) is 10.5. The Balaban J connectivity index is 1.88. The highest BCUT2D eigenvalue weighted by molar-refractivity contribution is 6.06. The summed E-state index contributed by atoms with van der Waals surface area (Å²) in [4.78, 5) is 25.1. The zero-order chi connectivity index (χ0) is 26.0. The summed E-state index contributed by atoms with van der Waals surface area (Å²) in [7, 11) is 0. The summed E-state index contributed by atoms with van der Waals surface area (Å²) in [6.07, 6.45) is -4.69. The van der Waals surface area contributed by atoms with Crippen molar-refractivity contribution in [3.63, 3.8) is 0 Å². The summed E-state index contributed by atoms with van der Waals surface area (Å²) in [5, 5.41) is 2.50. The van der Waals surface area contributed by atoms with Crippen molar-refractivity contribution < 1.29 is 36.6 Å². The van der Waals surface area contributed by atoms with Gasteiger partial charge in [-0.05, 0) is 93.9 Å². The van der Waals surface area contributed by atoms with Gasteiger partial charge in [0.1, 0.15) is 22.9 Å². The molecule has 3 aromatic carbocycles. The average molecular weight is 489 g/mol. The molecule has 0 radical (unpaired) electrons. The van der Waals surface area contributed by atoms with Crippen molar-refractivity contribution in [3.05, 3.63) is 88.7 Å². The number of esters is 1. The summed E-state index contributed by atoms with van der Waals surface area (Å²) >= 11 is 0. The molecule has 0 aliphatic rings. The molecule has 0 saturated carbocycles. The number of hydrogen-bond acceptors (Lipinski definition) is 4. The first-order chi connectivity index (χ1) is 16.2. The van der Waals surface area contributed by atoms with Crippen LogP contribution in [-0.4, -0.2) is 17.5 Å². The zero-order valence-electron chi connectivity index (χ0n) is 19.4. The van der Waals surface area contributed by atoms with Crippen LogP contribution in [0.4, 0.5) is 23.2 Å². The predicted octanol–water partition coefficient (Wildman–Crippen LogP) is 7.15. The second-order valence-electron chi connectivity index (χ2n) is 8.75. The van der Waals surface area contributed by atoms with Crippen LogP contribution in [0.15, 0.2) is 60.7 Å². The minimum Gasteiger partial charge on any atom is -0.456 e. The van der Waals surface area contributed by atoms with E-state index in [1.165, 1.54) is 36.4 Å². The lowest BCUT2D eigenvalue weighted by Crippen LogP contribution is -2.23. The predicted molar refractivity (Wildman–Crippen MR) is 122 cm³/mol. The van der Waals surface area contributed by atoms with Crippen LogP contribution in [0.1, 0.15) is 52.6 Å². The molecule has 0 bridgehead atoms. The van der Waals surface area contributed by atoms with Gasteiger partial charge in [0.25, 0.3) is 5.91 Å². The molecule has 0 saturated heterocycles. The molecule has 3 aromatic rings. The van der Waals surface area contributed by atoms with E-state index in [1.54, 1.807) is 27.7 Å². The Morgan fingerprint density at radius 3 is 2.06 bits per heavy atom. The molecule has 0 heterocycles. The molecule has 5 nitrogen and oxygen atoms in total. The maximum absolute atomic E-state index is 13.4. The molecule has 9 heteroatoms. The maximum atomic E-state index is 13.4. The van der Waals surface area contributed by atoms with Crippen LogP contribution >= 0.6 is 0 Å². The molecule has 0 fully saturated rings. The smallest absolute Gasteiger partial charge is 0.416 e. The van der Waals surface area contributed by atoms with Crippen LogP contribution in [0.25, 0.3) is 0 Å². The average Bonchev–Trinajstić information content (AvgIpc) is 2.74. The number of rotatable bonds is 5. The Bertz CT molecular complexity index is 1250. The first kappa shape index (κ1) is 25.7. The van der Waals surface area contributed by atoms with Gasteiger partial charge in [0, 0.05) is 5.69 Å². The number of ether oxygens (including phenoxy) is 2. The molecule has 0 atom stereocenters. The van der Waals surface area contributed by atoms with Gasteiger partial charge in [-0.3, -0.25) is 4.79 Å². The molecule has 0 spiro atoms. The number of hydrogen-bond donors (Lipinski definition) is 1. The van der Waals surface area contributed by atoms with Crippen molar-refractivity contribution in [1.29, 1.82) is 0 Å². The minimum atomic E-state index is -4.69. The van der Waals surface area contributed by atoms with Gasteiger partial charge in [-0.15, -0.1) is 0 Å². The summed E-state index contributed by atoms with van der Waals surface area (Å²) in [6.45, 7) is 6.74. The molecule has 3 rings (SSSR count). The standard InChI is InChI=1S/C26H23F4NO4/c1-15-13-18(27)8-12-21(15)34-22-11-7-17(26(28,29)30)14-20(22)23(32)31-19-9-5-16(6-10-19)24(33)35-25(2,3)4/h5-14H,1-4H3,(H,31,32). The van der Waals surface area contributed by atoms with Gasteiger partial charge < -0.3 is 14.8 Å². The fraction of sp³-hybridized carbons (Fsp3) is 0.231. The van der Waals surface area contributed by atoms with Crippen LogP contribution in [0.5, 0.6) is 11.5 Å². The summed E-state index contributed by atoms with van der Waals surface area (Å²) in [5.74, 6) is -1.89. The lowest BCUT2D eigenvalue weighted by atomic mass is 10.1. The van der Waals surface area contributed by atoms with Gasteiger partial charge in [-0.1, -0.05) is 0 Å². The largest absolute Gasteiger partial charge is 0.456 e. The second kappa shape index (κ2) is 9.77. The number of halogens is 4. The van der Waals surface area contributed by atoms with E-state index in [1.807, 2.05) is 0 Å². The minimum absolute atomic E-state index is 0.143. The van der Waals surface area contributed by atoms with Crippen molar-refractivity contribution in [2.45, 2.75) is 39.5 Å². The number of carbonyl (C=O) groups is 2. The molecular formula is C26H23F4NO4. The van der Waals surface area contributed by atoms with E-state index in [2.05, 4.69) is 5.32 Å². The number of amides is 1. The van der Waals surface area contributed by atoms with Crippen LogP contribution in [0.3, 0.4) is 0 Å². The molecule has 1 N–H and O–H groups in total. The number of nitrogens with one attached hydrogen (secondary N) is 1. The van der Waals surface area contributed by atoms with E-state index < -0.39 is 35.0 Å². The third-order valence-corrected chi connectivity index (χ3v) is 4.69. The molecule has 0 aliphatic carbocycles. The van der Waals surface area contributed by atoms with Crippen LogP contribution < -0.4 is 10.1 Å². The molecule has 0 unspecified atom stereocenters. The van der Waals surface area contributed by atoms with Crippen molar-refractivity contribution in [1.82, 2.24) is 0 Å². The van der Waals surface area contributed by atoms with Crippen molar-refractivity contribution >= 4 is 17.6 Å². The molecule has 35 heavy (non-hydrogen) atoms. The second-order valence-corrected chi connectivity index (χ2v) is 8.75. The van der Waals surface area contributed by atoms with E-state index in [0.29, 0.717) is 11.6 Å². The van der Waals surface area contributed by atoms with Crippen LogP contribution in [0.2, 0.25) is 0 Å². The molecule has 184 valence electrons. The fourth-order valence-electron chi connectivity index (χ4n) is 3.04. The van der Waals surface area contributed by atoms with Gasteiger partial charge in [0.2, 0.25) is 0 Å². The number of alkyl halides is 3. The lowest BCUT2D eigenvalue weighted by molar-refractivity contribution is -0.137. The highest BCUT2D eigenvalue weighted by Crippen LogP contribution is 2.35. The lowest BCUT2D eigenvalue weighted by Gasteiger charge is -2.19. The number of carbonyl (C=O) groups excluding carboxylic acids is 2. The zero-order valence-corrected chi connectivity index (χ0v) is 19.4. The summed E-state index contributed by atoms with van der Waals surface area (Å²) in [6, 6.07) is 11.9. The number of aryl methyl sites for hydroxylation is 1. The van der Waals surface area contributed by atoms with Crippen LogP contribution in [0, 0.1) is 12.7 Å². The third kappa shape index (κ3) is 6.81. The van der Waals surface area contributed by atoms with Crippen molar-refractivity contribution in [2.75, 3.05) is 5.32 Å². The van der Waals surface area contributed by atoms with Gasteiger partial charge in [-0.2, -0.15) is 13.2 Å². The summed E-state index contributed by atoms with van der Waals surface area (Å²) < 4.78 is 64.3. The quantitative estimate of drug-likeness (QED) is 0.305. The van der Waals surface area contributed by atoms with E-state index in [9.17, 15) is 27.2 Å². The molecule has 0 aromatic heterocycles. The van der Waals surface area contributed by atoms with Gasteiger partial charge >= 0.3 is 12.1 Å². The van der Waals surface area contributed by atoms with E-state index in [-0.39, 0.29) is 28.3 Å². The Morgan fingerprint density at radius 1 is 0.857 bits per heavy atom. The monoisotopic (exact) mass is 489 g/mol. The Kier molecular flexibility index (Phi) is 7.19. The molecule has 1 amide bonds. The first-order valence-electron chi connectivity index (χ1n) is 10.5. The summed E-state index contributed by atoms with van der Waals surface area (Å²) in [5.41, 5.74) is -1.22. The Morgan fingerprint density at radius 2 is 1.49 bits per heavy atom.